The maximum absolute atomic E-state index is 11.6. The molecule has 0 spiro atoms. The second kappa shape index (κ2) is 8.96. The van der Waals surface area contributed by atoms with Crippen LogP contribution in [-0.4, -0.2) is 25.3 Å². The van der Waals surface area contributed by atoms with Crippen LogP contribution in [0.2, 0.25) is 0 Å². The molecule has 0 heterocycles. The summed E-state index contributed by atoms with van der Waals surface area (Å²) in [6.45, 7) is 2.38. The SMILES string of the molecule is CCOc1ccc(C=NNC(=O)COc2ccc(C#N)cc2)cc1. The van der Waals surface area contributed by atoms with Gasteiger partial charge in [-0.2, -0.15) is 10.4 Å². The second-order valence-electron chi connectivity index (χ2n) is 4.72. The monoisotopic (exact) mass is 323 g/mol. The third-order valence-corrected chi connectivity index (χ3v) is 2.95. The Hall–Kier alpha value is -3.33. The third-order valence-electron chi connectivity index (χ3n) is 2.95. The van der Waals surface area contributed by atoms with Crippen molar-refractivity contribution in [2.24, 2.45) is 5.10 Å². The van der Waals surface area contributed by atoms with Crippen molar-refractivity contribution in [3.05, 3.63) is 59.7 Å². The number of hydrazone groups is 1. The van der Waals surface area contributed by atoms with Gasteiger partial charge >= 0.3 is 0 Å². The van der Waals surface area contributed by atoms with E-state index < -0.39 is 0 Å². The Kier molecular flexibility index (Phi) is 6.35. The molecule has 0 radical (unpaired) electrons. The van der Waals surface area contributed by atoms with Gasteiger partial charge in [0, 0.05) is 0 Å². The van der Waals surface area contributed by atoms with E-state index in [2.05, 4.69) is 10.5 Å². The minimum absolute atomic E-state index is 0.160. The lowest BCUT2D eigenvalue weighted by atomic mass is 10.2. The van der Waals surface area contributed by atoms with E-state index in [0.717, 1.165) is 11.3 Å². The third kappa shape index (κ3) is 5.46. The number of nitriles is 1. The predicted molar refractivity (Wildman–Crippen MR) is 90.0 cm³/mol. The average Bonchev–Trinajstić information content (AvgIpc) is 2.62. The number of carbonyl (C=O) groups is 1. The van der Waals surface area contributed by atoms with Crippen molar-refractivity contribution in [2.75, 3.05) is 13.2 Å². The summed E-state index contributed by atoms with van der Waals surface area (Å²) >= 11 is 0. The van der Waals surface area contributed by atoms with E-state index in [1.807, 2.05) is 37.3 Å². The molecule has 0 saturated carbocycles. The van der Waals surface area contributed by atoms with Crippen molar-refractivity contribution >= 4 is 12.1 Å². The molecular formula is C18H17N3O3. The highest BCUT2D eigenvalue weighted by atomic mass is 16.5. The van der Waals surface area contributed by atoms with E-state index in [1.165, 1.54) is 6.21 Å². The van der Waals surface area contributed by atoms with Gasteiger partial charge in [-0.3, -0.25) is 4.79 Å². The summed E-state index contributed by atoms with van der Waals surface area (Å²) in [6.07, 6.45) is 1.54. The lowest BCUT2D eigenvalue weighted by Crippen LogP contribution is -2.24. The highest BCUT2D eigenvalue weighted by Gasteiger charge is 2.01. The topological polar surface area (TPSA) is 83.7 Å². The lowest BCUT2D eigenvalue weighted by molar-refractivity contribution is -0.123. The van der Waals surface area contributed by atoms with E-state index in [1.54, 1.807) is 24.3 Å². The largest absolute Gasteiger partial charge is 0.494 e. The van der Waals surface area contributed by atoms with Crippen molar-refractivity contribution in [1.82, 2.24) is 5.43 Å². The smallest absolute Gasteiger partial charge is 0.277 e. The second-order valence-corrected chi connectivity index (χ2v) is 4.72. The number of benzene rings is 2. The van der Waals surface area contributed by atoms with Crippen molar-refractivity contribution in [3.63, 3.8) is 0 Å². The highest BCUT2D eigenvalue weighted by molar-refractivity contribution is 5.83. The Balaban J connectivity index is 1.76. The number of carbonyl (C=O) groups excluding carboxylic acids is 1. The van der Waals surface area contributed by atoms with Crippen molar-refractivity contribution in [1.29, 1.82) is 5.26 Å². The minimum Gasteiger partial charge on any atom is -0.494 e. The number of amides is 1. The van der Waals surface area contributed by atoms with Gasteiger partial charge in [-0.1, -0.05) is 0 Å². The Morgan fingerprint density at radius 3 is 2.38 bits per heavy atom. The van der Waals surface area contributed by atoms with Gasteiger partial charge in [-0.05, 0) is 61.0 Å². The number of hydrogen-bond donors (Lipinski definition) is 1. The van der Waals surface area contributed by atoms with E-state index in [4.69, 9.17) is 14.7 Å². The Morgan fingerprint density at radius 2 is 1.75 bits per heavy atom. The molecule has 2 rings (SSSR count). The minimum atomic E-state index is -0.374. The number of rotatable bonds is 7. The maximum Gasteiger partial charge on any atom is 0.277 e. The molecule has 2 aromatic carbocycles. The number of ether oxygens (including phenoxy) is 2. The van der Waals surface area contributed by atoms with Crippen molar-refractivity contribution < 1.29 is 14.3 Å². The fourth-order valence-electron chi connectivity index (χ4n) is 1.80. The first-order valence-electron chi connectivity index (χ1n) is 7.39. The number of nitrogens with one attached hydrogen (secondary N) is 1. The molecule has 0 bridgehead atoms. The molecule has 0 atom stereocenters. The maximum atomic E-state index is 11.6. The van der Waals surface area contributed by atoms with E-state index in [9.17, 15) is 4.79 Å². The standard InChI is InChI=1S/C18H17N3O3/c1-2-23-16-9-5-15(6-10-16)12-20-21-18(22)13-24-17-7-3-14(11-19)4-8-17/h3-10,12H,2,13H2,1H3,(H,21,22). The van der Waals surface area contributed by atoms with Crippen LogP contribution in [0.1, 0.15) is 18.1 Å². The quantitative estimate of drug-likeness (QED) is 0.627. The van der Waals surface area contributed by atoms with Gasteiger partial charge in [0.15, 0.2) is 6.61 Å². The molecule has 0 aliphatic heterocycles. The van der Waals surface area contributed by atoms with Crippen LogP contribution in [0, 0.1) is 11.3 Å². The molecule has 0 aliphatic rings. The van der Waals surface area contributed by atoms with Crippen molar-refractivity contribution in [3.8, 4) is 17.6 Å². The molecule has 2 aromatic rings. The zero-order chi connectivity index (χ0) is 17.2. The van der Waals surface area contributed by atoms with Gasteiger partial charge in [-0.15, -0.1) is 0 Å². The average molecular weight is 323 g/mol. The molecule has 0 unspecified atom stereocenters. The zero-order valence-corrected chi connectivity index (χ0v) is 13.2. The van der Waals surface area contributed by atoms with Gasteiger partial charge in [-0.25, -0.2) is 5.43 Å². The Bertz CT molecular complexity index is 732. The van der Waals surface area contributed by atoms with E-state index in [-0.39, 0.29) is 12.5 Å². The van der Waals surface area contributed by atoms with Crippen LogP contribution in [0.4, 0.5) is 0 Å². The van der Waals surface area contributed by atoms with E-state index in [0.29, 0.717) is 17.9 Å². The first-order valence-corrected chi connectivity index (χ1v) is 7.39. The van der Waals surface area contributed by atoms with Crippen LogP contribution in [0.3, 0.4) is 0 Å². The lowest BCUT2D eigenvalue weighted by Gasteiger charge is -2.04. The molecule has 24 heavy (non-hydrogen) atoms. The van der Waals surface area contributed by atoms with Gasteiger partial charge in [0.2, 0.25) is 0 Å². The highest BCUT2D eigenvalue weighted by Crippen LogP contribution is 2.11. The molecule has 1 amide bonds. The Labute approximate surface area is 140 Å². The number of nitrogens with zero attached hydrogens (tertiary/aromatic N) is 2. The normalized spacial score (nSPS) is 10.2. The van der Waals surface area contributed by atoms with Crippen LogP contribution in [0.15, 0.2) is 53.6 Å². The van der Waals surface area contributed by atoms with Crippen LogP contribution >= 0.6 is 0 Å². The summed E-state index contributed by atoms with van der Waals surface area (Å²) in [5.41, 5.74) is 3.76. The van der Waals surface area contributed by atoms with Gasteiger partial charge in [0.25, 0.3) is 5.91 Å². The van der Waals surface area contributed by atoms with Gasteiger partial charge in [0.05, 0.1) is 24.5 Å². The van der Waals surface area contributed by atoms with Crippen LogP contribution < -0.4 is 14.9 Å². The predicted octanol–water partition coefficient (Wildman–Crippen LogP) is 2.49. The molecule has 6 nitrogen and oxygen atoms in total. The van der Waals surface area contributed by atoms with Crippen molar-refractivity contribution in [2.45, 2.75) is 6.92 Å². The first kappa shape index (κ1) is 17.0. The molecule has 0 aliphatic carbocycles. The summed E-state index contributed by atoms with van der Waals surface area (Å²) in [7, 11) is 0. The molecular weight excluding hydrogens is 306 g/mol. The zero-order valence-electron chi connectivity index (χ0n) is 13.2. The van der Waals surface area contributed by atoms with E-state index >= 15 is 0 Å². The molecule has 122 valence electrons. The van der Waals surface area contributed by atoms with Crippen LogP contribution in [0.5, 0.6) is 11.5 Å². The fraction of sp³-hybridized carbons (Fsp3) is 0.167. The van der Waals surface area contributed by atoms with Gasteiger partial charge in [0.1, 0.15) is 11.5 Å². The number of hydrogen-bond acceptors (Lipinski definition) is 5. The summed E-state index contributed by atoms with van der Waals surface area (Å²) < 4.78 is 10.6. The summed E-state index contributed by atoms with van der Waals surface area (Å²) in [4.78, 5) is 11.6. The van der Waals surface area contributed by atoms with Crippen LogP contribution in [0.25, 0.3) is 0 Å². The molecule has 0 aromatic heterocycles. The fourth-order valence-corrected chi connectivity index (χ4v) is 1.80. The van der Waals surface area contributed by atoms with Crippen LogP contribution in [-0.2, 0) is 4.79 Å². The summed E-state index contributed by atoms with van der Waals surface area (Å²) in [5.74, 6) is 0.927. The molecule has 6 heteroatoms. The molecule has 1 N–H and O–H groups in total. The Morgan fingerprint density at radius 1 is 1.12 bits per heavy atom. The first-order chi connectivity index (χ1) is 11.7. The van der Waals surface area contributed by atoms with Gasteiger partial charge < -0.3 is 9.47 Å². The summed E-state index contributed by atoms with van der Waals surface area (Å²) in [5, 5.41) is 12.6. The molecule has 0 fully saturated rings. The summed E-state index contributed by atoms with van der Waals surface area (Å²) in [6, 6.07) is 15.9. The molecule has 0 saturated heterocycles.